The highest BCUT2D eigenvalue weighted by Crippen LogP contribution is 2.29. The van der Waals surface area contributed by atoms with Crippen molar-refractivity contribution in [1.29, 1.82) is 0 Å². The van der Waals surface area contributed by atoms with Crippen LogP contribution in [0.3, 0.4) is 0 Å². The van der Waals surface area contributed by atoms with Gasteiger partial charge in [-0.3, -0.25) is 14.5 Å². The minimum Gasteiger partial charge on any atom is -0.466 e. The molecule has 2 atom stereocenters. The minimum atomic E-state index is -0.330. The van der Waals surface area contributed by atoms with Gasteiger partial charge < -0.3 is 10.1 Å². The number of hydrogen-bond donors (Lipinski definition) is 1. The van der Waals surface area contributed by atoms with E-state index in [1.807, 2.05) is 37.3 Å². The standard InChI is InChI=1S/C19H26N2O3/c1-2-24-19(23)15-9-6-12-21(13-15)17(14-7-4-3-5-8-14)18(22)20-16-10-11-16/h3-5,7-8,15-17H,2,6,9-13H2,1H3,(H,20,22)/t15-,17+/m1/s1. The molecule has 0 spiro atoms. The molecule has 5 nitrogen and oxygen atoms in total. The van der Waals surface area contributed by atoms with E-state index >= 15 is 0 Å². The van der Waals surface area contributed by atoms with E-state index in [0.29, 0.717) is 19.2 Å². The first-order valence-electron chi connectivity index (χ1n) is 8.95. The number of hydrogen-bond acceptors (Lipinski definition) is 4. The number of benzene rings is 1. The second kappa shape index (κ2) is 7.79. The lowest BCUT2D eigenvalue weighted by Crippen LogP contribution is -2.47. The van der Waals surface area contributed by atoms with Gasteiger partial charge in [0.2, 0.25) is 5.91 Å². The summed E-state index contributed by atoms with van der Waals surface area (Å²) in [4.78, 5) is 27.1. The third-order valence-corrected chi connectivity index (χ3v) is 4.73. The van der Waals surface area contributed by atoms with Crippen molar-refractivity contribution in [2.45, 2.75) is 44.7 Å². The molecule has 1 N–H and O–H groups in total. The number of carbonyl (C=O) groups is 2. The number of piperidine rings is 1. The summed E-state index contributed by atoms with van der Waals surface area (Å²) in [6, 6.07) is 9.85. The number of nitrogens with zero attached hydrogens (tertiary/aromatic N) is 1. The van der Waals surface area contributed by atoms with E-state index in [4.69, 9.17) is 4.74 Å². The Morgan fingerprint density at radius 3 is 2.67 bits per heavy atom. The zero-order chi connectivity index (χ0) is 16.9. The monoisotopic (exact) mass is 330 g/mol. The van der Waals surface area contributed by atoms with E-state index in [0.717, 1.165) is 37.8 Å². The summed E-state index contributed by atoms with van der Waals surface area (Å²) in [5.41, 5.74) is 0.986. The summed E-state index contributed by atoms with van der Waals surface area (Å²) in [7, 11) is 0. The molecule has 2 fully saturated rings. The third-order valence-electron chi connectivity index (χ3n) is 4.73. The molecule has 1 aromatic carbocycles. The summed E-state index contributed by atoms with van der Waals surface area (Å²) < 4.78 is 5.18. The van der Waals surface area contributed by atoms with Crippen molar-refractivity contribution < 1.29 is 14.3 Å². The molecule has 1 heterocycles. The van der Waals surface area contributed by atoms with E-state index in [-0.39, 0.29) is 23.8 Å². The molecule has 1 saturated heterocycles. The Bertz CT molecular complexity index is 571. The maximum atomic E-state index is 12.8. The van der Waals surface area contributed by atoms with E-state index < -0.39 is 0 Å². The van der Waals surface area contributed by atoms with Crippen molar-refractivity contribution in [2.24, 2.45) is 5.92 Å². The van der Waals surface area contributed by atoms with Gasteiger partial charge in [0.05, 0.1) is 12.5 Å². The summed E-state index contributed by atoms with van der Waals surface area (Å²) in [5, 5.41) is 3.12. The van der Waals surface area contributed by atoms with Crippen LogP contribution in [0.4, 0.5) is 0 Å². The van der Waals surface area contributed by atoms with Gasteiger partial charge in [0, 0.05) is 12.6 Å². The number of ether oxygens (including phenoxy) is 1. The maximum Gasteiger partial charge on any atom is 0.310 e. The number of likely N-dealkylation sites (tertiary alicyclic amines) is 1. The number of carbonyl (C=O) groups excluding carboxylic acids is 2. The molecule has 1 aromatic rings. The topological polar surface area (TPSA) is 58.6 Å². The fourth-order valence-electron chi connectivity index (χ4n) is 3.36. The first-order chi connectivity index (χ1) is 11.7. The van der Waals surface area contributed by atoms with Gasteiger partial charge in [0.25, 0.3) is 0 Å². The van der Waals surface area contributed by atoms with E-state index in [1.54, 1.807) is 0 Å². The summed E-state index contributed by atoms with van der Waals surface area (Å²) in [6.45, 7) is 3.64. The van der Waals surface area contributed by atoms with Gasteiger partial charge in [-0.25, -0.2) is 0 Å². The third kappa shape index (κ3) is 4.15. The summed E-state index contributed by atoms with van der Waals surface area (Å²) in [5.74, 6) is -0.233. The largest absolute Gasteiger partial charge is 0.466 e. The molecule has 0 bridgehead atoms. The van der Waals surface area contributed by atoms with E-state index in [1.165, 1.54) is 0 Å². The highest BCUT2D eigenvalue weighted by atomic mass is 16.5. The lowest BCUT2D eigenvalue weighted by molar-refractivity contribution is -0.151. The molecule has 1 amide bonds. The molecule has 5 heteroatoms. The van der Waals surface area contributed by atoms with Crippen LogP contribution in [0.15, 0.2) is 30.3 Å². The quantitative estimate of drug-likeness (QED) is 0.813. The average molecular weight is 330 g/mol. The molecule has 0 aromatic heterocycles. The van der Waals surface area contributed by atoms with Crippen LogP contribution in [0.2, 0.25) is 0 Å². The Morgan fingerprint density at radius 2 is 2.00 bits per heavy atom. The van der Waals surface area contributed by atoms with Crippen LogP contribution in [0.1, 0.15) is 44.2 Å². The fraction of sp³-hybridized carbons (Fsp3) is 0.579. The number of nitrogens with one attached hydrogen (secondary N) is 1. The SMILES string of the molecule is CCOC(=O)[C@@H]1CCCN([C@H](C(=O)NC2CC2)c2ccccc2)C1. The van der Waals surface area contributed by atoms with Crippen LogP contribution >= 0.6 is 0 Å². The zero-order valence-electron chi connectivity index (χ0n) is 14.2. The highest BCUT2D eigenvalue weighted by molar-refractivity contribution is 5.84. The van der Waals surface area contributed by atoms with Gasteiger partial charge in [-0.15, -0.1) is 0 Å². The normalized spacial score (nSPS) is 22.6. The highest BCUT2D eigenvalue weighted by Gasteiger charge is 2.36. The molecule has 1 aliphatic carbocycles. The molecular weight excluding hydrogens is 304 g/mol. The molecular formula is C19H26N2O3. The van der Waals surface area contributed by atoms with Crippen molar-refractivity contribution in [3.63, 3.8) is 0 Å². The van der Waals surface area contributed by atoms with Gasteiger partial charge in [-0.05, 0) is 44.7 Å². The number of amides is 1. The van der Waals surface area contributed by atoms with Gasteiger partial charge in [0.1, 0.15) is 6.04 Å². The van der Waals surface area contributed by atoms with Crippen LogP contribution in [0.5, 0.6) is 0 Å². The molecule has 0 radical (unpaired) electrons. The lowest BCUT2D eigenvalue weighted by atomic mass is 9.94. The summed E-state index contributed by atoms with van der Waals surface area (Å²) >= 11 is 0. The van der Waals surface area contributed by atoms with Gasteiger partial charge in [0.15, 0.2) is 0 Å². The fourth-order valence-corrected chi connectivity index (χ4v) is 3.36. The summed E-state index contributed by atoms with van der Waals surface area (Å²) in [6.07, 6.45) is 3.88. The smallest absolute Gasteiger partial charge is 0.310 e. The minimum absolute atomic E-state index is 0.0493. The Balaban J connectivity index is 1.76. The van der Waals surface area contributed by atoms with Crippen molar-refractivity contribution in [2.75, 3.05) is 19.7 Å². The molecule has 3 rings (SSSR count). The Morgan fingerprint density at radius 1 is 1.25 bits per heavy atom. The molecule has 24 heavy (non-hydrogen) atoms. The van der Waals surface area contributed by atoms with Crippen molar-refractivity contribution >= 4 is 11.9 Å². The van der Waals surface area contributed by atoms with Crippen LogP contribution in [0.25, 0.3) is 0 Å². The molecule has 2 aliphatic rings. The second-order valence-corrected chi connectivity index (χ2v) is 6.68. The molecule has 130 valence electrons. The predicted molar refractivity (Wildman–Crippen MR) is 91.3 cm³/mol. The lowest BCUT2D eigenvalue weighted by Gasteiger charge is -2.37. The van der Waals surface area contributed by atoms with Gasteiger partial charge >= 0.3 is 5.97 Å². The van der Waals surface area contributed by atoms with Crippen molar-refractivity contribution in [1.82, 2.24) is 10.2 Å². The zero-order valence-corrected chi connectivity index (χ0v) is 14.2. The predicted octanol–water partition coefficient (Wildman–Crippen LogP) is 2.28. The molecule has 1 saturated carbocycles. The van der Waals surface area contributed by atoms with Gasteiger partial charge in [-0.2, -0.15) is 0 Å². The van der Waals surface area contributed by atoms with Crippen LogP contribution in [-0.2, 0) is 14.3 Å². The second-order valence-electron chi connectivity index (χ2n) is 6.68. The average Bonchev–Trinajstić information content (AvgIpc) is 3.40. The van der Waals surface area contributed by atoms with Crippen LogP contribution in [-0.4, -0.2) is 42.5 Å². The Hall–Kier alpha value is -1.88. The van der Waals surface area contributed by atoms with E-state index in [2.05, 4.69) is 10.2 Å². The van der Waals surface area contributed by atoms with Crippen molar-refractivity contribution in [3.05, 3.63) is 35.9 Å². The van der Waals surface area contributed by atoms with E-state index in [9.17, 15) is 9.59 Å². The Labute approximate surface area is 143 Å². The maximum absolute atomic E-state index is 12.8. The van der Waals surface area contributed by atoms with Crippen LogP contribution in [0, 0.1) is 5.92 Å². The van der Waals surface area contributed by atoms with Gasteiger partial charge in [-0.1, -0.05) is 30.3 Å². The first kappa shape index (κ1) is 17.0. The van der Waals surface area contributed by atoms with Crippen molar-refractivity contribution in [3.8, 4) is 0 Å². The number of rotatable bonds is 6. The Kier molecular flexibility index (Phi) is 5.51. The number of esters is 1. The van der Waals surface area contributed by atoms with Crippen LogP contribution < -0.4 is 5.32 Å². The molecule has 0 unspecified atom stereocenters. The first-order valence-corrected chi connectivity index (χ1v) is 8.95. The molecule has 1 aliphatic heterocycles.